The van der Waals surface area contributed by atoms with Crippen LogP contribution in [-0.4, -0.2) is 24.6 Å². The number of methoxy groups -OCH3 is 1. The minimum atomic E-state index is -0.332. The predicted molar refractivity (Wildman–Crippen MR) is 53.9 cm³/mol. The SMILES string of the molecule is COC(=O)CNc1ccc(N)c(C)n1. The van der Waals surface area contributed by atoms with E-state index in [4.69, 9.17) is 5.73 Å². The number of aromatic nitrogens is 1. The maximum Gasteiger partial charge on any atom is 0.325 e. The number of nitrogens with one attached hydrogen (secondary N) is 1. The van der Waals surface area contributed by atoms with Gasteiger partial charge < -0.3 is 15.8 Å². The normalized spacial score (nSPS) is 9.57. The number of carbonyl (C=O) groups excluding carboxylic acids is 1. The van der Waals surface area contributed by atoms with Crippen molar-refractivity contribution in [1.82, 2.24) is 4.98 Å². The van der Waals surface area contributed by atoms with Gasteiger partial charge >= 0.3 is 5.97 Å². The van der Waals surface area contributed by atoms with Gasteiger partial charge in [0.2, 0.25) is 0 Å². The van der Waals surface area contributed by atoms with E-state index in [1.54, 1.807) is 19.1 Å². The summed E-state index contributed by atoms with van der Waals surface area (Å²) >= 11 is 0. The quantitative estimate of drug-likeness (QED) is 0.689. The van der Waals surface area contributed by atoms with Crippen LogP contribution < -0.4 is 11.1 Å². The monoisotopic (exact) mass is 195 g/mol. The van der Waals surface area contributed by atoms with Gasteiger partial charge in [-0.2, -0.15) is 0 Å². The summed E-state index contributed by atoms with van der Waals surface area (Å²) in [6.07, 6.45) is 0. The molecule has 0 fully saturated rings. The second-order valence-corrected chi connectivity index (χ2v) is 2.80. The van der Waals surface area contributed by atoms with E-state index in [0.717, 1.165) is 5.69 Å². The molecule has 0 bridgehead atoms. The third kappa shape index (κ3) is 2.62. The van der Waals surface area contributed by atoms with Crippen molar-refractivity contribution in [2.75, 3.05) is 24.7 Å². The number of nitrogen functional groups attached to an aromatic ring is 1. The van der Waals surface area contributed by atoms with Crippen LogP contribution in [-0.2, 0) is 9.53 Å². The number of carbonyl (C=O) groups is 1. The smallest absolute Gasteiger partial charge is 0.325 e. The van der Waals surface area contributed by atoms with E-state index < -0.39 is 0 Å². The van der Waals surface area contributed by atoms with E-state index in [-0.39, 0.29) is 12.5 Å². The molecular weight excluding hydrogens is 182 g/mol. The standard InChI is InChI=1S/C9H13N3O2/c1-6-7(10)3-4-8(12-6)11-5-9(13)14-2/h3-4H,5,10H2,1-2H3,(H,11,12). The zero-order chi connectivity index (χ0) is 10.6. The first kappa shape index (κ1) is 10.3. The zero-order valence-electron chi connectivity index (χ0n) is 8.20. The lowest BCUT2D eigenvalue weighted by atomic mass is 10.3. The molecule has 0 aliphatic rings. The first-order valence-electron chi connectivity index (χ1n) is 4.17. The number of hydrogen-bond acceptors (Lipinski definition) is 5. The number of nitrogens with two attached hydrogens (primary N) is 1. The molecule has 0 atom stereocenters. The molecule has 0 amide bonds. The highest BCUT2D eigenvalue weighted by Gasteiger charge is 2.01. The van der Waals surface area contributed by atoms with E-state index >= 15 is 0 Å². The molecule has 76 valence electrons. The molecule has 1 aromatic rings. The van der Waals surface area contributed by atoms with Crippen LogP contribution in [0, 0.1) is 6.92 Å². The van der Waals surface area contributed by atoms with Crippen LogP contribution in [0.5, 0.6) is 0 Å². The highest BCUT2D eigenvalue weighted by molar-refractivity contribution is 5.74. The van der Waals surface area contributed by atoms with Crippen LogP contribution in [0.25, 0.3) is 0 Å². The van der Waals surface area contributed by atoms with Gasteiger partial charge in [0, 0.05) is 0 Å². The highest BCUT2D eigenvalue weighted by atomic mass is 16.5. The molecule has 0 aliphatic heterocycles. The lowest BCUT2D eigenvalue weighted by Crippen LogP contribution is -2.15. The Kier molecular flexibility index (Phi) is 3.28. The summed E-state index contributed by atoms with van der Waals surface area (Å²) in [4.78, 5) is 14.9. The second-order valence-electron chi connectivity index (χ2n) is 2.80. The molecule has 0 aliphatic carbocycles. The summed E-state index contributed by atoms with van der Waals surface area (Å²) in [5.41, 5.74) is 6.96. The van der Waals surface area contributed by atoms with E-state index in [1.807, 2.05) is 0 Å². The molecule has 0 unspecified atom stereocenters. The zero-order valence-corrected chi connectivity index (χ0v) is 8.20. The van der Waals surface area contributed by atoms with Gasteiger partial charge in [-0.1, -0.05) is 0 Å². The van der Waals surface area contributed by atoms with Gasteiger partial charge in [-0.15, -0.1) is 0 Å². The molecule has 1 aromatic heterocycles. The molecule has 5 nitrogen and oxygen atoms in total. The number of nitrogens with zero attached hydrogens (tertiary/aromatic N) is 1. The van der Waals surface area contributed by atoms with E-state index in [2.05, 4.69) is 15.0 Å². The number of anilines is 2. The predicted octanol–water partition coefficient (Wildman–Crippen LogP) is 0.557. The van der Waals surface area contributed by atoms with Crippen molar-refractivity contribution in [3.8, 4) is 0 Å². The largest absolute Gasteiger partial charge is 0.468 e. The summed E-state index contributed by atoms with van der Waals surface area (Å²) in [5.74, 6) is 0.281. The van der Waals surface area contributed by atoms with Gasteiger partial charge in [-0.25, -0.2) is 4.98 Å². The van der Waals surface area contributed by atoms with Crippen molar-refractivity contribution in [3.05, 3.63) is 17.8 Å². The van der Waals surface area contributed by atoms with Crippen molar-refractivity contribution < 1.29 is 9.53 Å². The molecule has 0 saturated carbocycles. The van der Waals surface area contributed by atoms with Crippen molar-refractivity contribution in [1.29, 1.82) is 0 Å². The Morgan fingerprint density at radius 1 is 1.64 bits per heavy atom. The van der Waals surface area contributed by atoms with Crippen molar-refractivity contribution in [2.45, 2.75) is 6.92 Å². The molecule has 1 heterocycles. The Morgan fingerprint density at radius 3 is 2.93 bits per heavy atom. The maximum absolute atomic E-state index is 10.8. The van der Waals surface area contributed by atoms with E-state index in [9.17, 15) is 4.79 Å². The van der Waals surface area contributed by atoms with E-state index in [0.29, 0.717) is 11.5 Å². The number of aryl methyl sites for hydroxylation is 1. The van der Waals surface area contributed by atoms with Crippen molar-refractivity contribution in [3.63, 3.8) is 0 Å². The molecule has 0 spiro atoms. The summed E-state index contributed by atoms with van der Waals surface area (Å²) in [5, 5.41) is 2.82. The first-order valence-corrected chi connectivity index (χ1v) is 4.17. The summed E-state index contributed by atoms with van der Waals surface area (Å²) in [7, 11) is 1.34. The maximum atomic E-state index is 10.8. The topological polar surface area (TPSA) is 77.2 Å². The second kappa shape index (κ2) is 4.45. The highest BCUT2D eigenvalue weighted by Crippen LogP contribution is 2.11. The van der Waals surface area contributed by atoms with Gasteiger partial charge in [-0.3, -0.25) is 4.79 Å². The minimum Gasteiger partial charge on any atom is -0.468 e. The summed E-state index contributed by atoms with van der Waals surface area (Å²) in [6.45, 7) is 1.91. The average molecular weight is 195 g/mol. The van der Waals surface area contributed by atoms with E-state index in [1.165, 1.54) is 7.11 Å². The van der Waals surface area contributed by atoms with Gasteiger partial charge in [0.25, 0.3) is 0 Å². The molecule has 0 saturated heterocycles. The van der Waals surface area contributed by atoms with Gasteiger partial charge in [-0.05, 0) is 19.1 Å². The van der Waals surface area contributed by atoms with Crippen LogP contribution in [0.4, 0.5) is 11.5 Å². The number of hydrogen-bond donors (Lipinski definition) is 2. The minimum absolute atomic E-state index is 0.104. The van der Waals surface area contributed by atoms with Crippen LogP contribution in [0.3, 0.4) is 0 Å². The third-order valence-electron chi connectivity index (χ3n) is 1.77. The molecule has 5 heteroatoms. The number of esters is 1. The lowest BCUT2D eigenvalue weighted by Gasteiger charge is -2.05. The Bertz CT molecular complexity index is 339. The molecule has 14 heavy (non-hydrogen) atoms. The van der Waals surface area contributed by atoms with Crippen LogP contribution in [0.2, 0.25) is 0 Å². The Morgan fingerprint density at radius 2 is 2.36 bits per heavy atom. The molecule has 0 radical (unpaired) electrons. The Balaban J connectivity index is 2.60. The van der Waals surface area contributed by atoms with Crippen LogP contribution in [0.1, 0.15) is 5.69 Å². The molecule has 3 N–H and O–H groups in total. The number of rotatable bonds is 3. The van der Waals surface area contributed by atoms with Gasteiger partial charge in [0.15, 0.2) is 0 Å². The Hall–Kier alpha value is -1.78. The fourth-order valence-electron chi connectivity index (χ4n) is 0.905. The Labute approximate surface area is 82.3 Å². The fourth-order valence-corrected chi connectivity index (χ4v) is 0.905. The van der Waals surface area contributed by atoms with Gasteiger partial charge in [0.1, 0.15) is 12.4 Å². The lowest BCUT2D eigenvalue weighted by molar-refractivity contribution is -0.138. The van der Waals surface area contributed by atoms with Crippen molar-refractivity contribution in [2.24, 2.45) is 0 Å². The first-order chi connectivity index (χ1) is 6.63. The van der Waals surface area contributed by atoms with Crippen molar-refractivity contribution >= 4 is 17.5 Å². The summed E-state index contributed by atoms with van der Waals surface area (Å²) in [6, 6.07) is 3.45. The van der Waals surface area contributed by atoms with Crippen LogP contribution in [0.15, 0.2) is 12.1 Å². The molecule has 0 aromatic carbocycles. The van der Waals surface area contributed by atoms with Gasteiger partial charge in [0.05, 0.1) is 18.5 Å². The molecular formula is C9H13N3O2. The van der Waals surface area contributed by atoms with Crippen LogP contribution >= 0.6 is 0 Å². The molecule has 1 rings (SSSR count). The number of pyridine rings is 1. The fraction of sp³-hybridized carbons (Fsp3) is 0.333. The summed E-state index contributed by atoms with van der Waals surface area (Å²) < 4.78 is 4.47. The average Bonchev–Trinajstić information content (AvgIpc) is 2.19. The third-order valence-corrected chi connectivity index (χ3v) is 1.77. The number of ether oxygens (including phenoxy) is 1.